The Morgan fingerprint density at radius 2 is 1.97 bits per heavy atom. The molecule has 8 heteroatoms. The predicted octanol–water partition coefficient (Wildman–Crippen LogP) is 3.07. The van der Waals surface area contributed by atoms with Crippen LogP contribution in [0.4, 0.5) is 5.69 Å². The van der Waals surface area contributed by atoms with E-state index in [0.29, 0.717) is 17.9 Å². The maximum atomic E-state index is 13.2. The minimum atomic E-state index is -1.06. The topological polar surface area (TPSA) is 70.7 Å². The average molecular weight is 478 g/mol. The second-order valence-corrected chi connectivity index (χ2v) is 10.1. The van der Waals surface area contributed by atoms with Crippen molar-refractivity contribution in [3.8, 4) is 0 Å². The molecule has 3 heterocycles. The molecule has 2 aromatic rings. The maximum Gasteiger partial charge on any atom is 0.262 e. The van der Waals surface area contributed by atoms with E-state index >= 15 is 0 Å². The van der Waals surface area contributed by atoms with Crippen molar-refractivity contribution >= 4 is 44.8 Å². The van der Waals surface area contributed by atoms with Crippen LogP contribution in [0.5, 0.6) is 0 Å². The van der Waals surface area contributed by atoms with Gasteiger partial charge in [0.1, 0.15) is 5.54 Å². The van der Waals surface area contributed by atoms with E-state index in [4.69, 9.17) is 4.74 Å². The first kappa shape index (κ1) is 20.5. The van der Waals surface area contributed by atoms with E-state index in [0.717, 1.165) is 35.4 Å². The Morgan fingerprint density at radius 3 is 2.66 bits per heavy atom. The Kier molecular flexibility index (Phi) is 6.06. The molecule has 154 valence electrons. The summed E-state index contributed by atoms with van der Waals surface area (Å²) < 4.78 is 6.37. The highest BCUT2D eigenvalue weighted by Crippen LogP contribution is 2.26. The summed E-state index contributed by atoms with van der Waals surface area (Å²) in [6.07, 6.45) is 2.44. The van der Waals surface area contributed by atoms with Crippen molar-refractivity contribution in [3.63, 3.8) is 0 Å². The summed E-state index contributed by atoms with van der Waals surface area (Å²) in [5.41, 5.74) is 2.32. The van der Waals surface area contributed by atoms with Crippen LogP contribution in [0.25, 0.3) is 0 Å². The number of hydrogen-bond acceptors (Lipinski definition) is 5. The molecule has 0 bridgehead atoms. The van der Waals surface area contributed by atoms with E-state index in [9.17, 15) is 9.59 Å². The fourth-order valence-electron chi connectivity index (χ4n) is 3.78. The minimum absolute atomic E-state index is 0.173. The van der Waals surface area contributed by atoms with Crippen LogP contribution in [0.1, 0.15) is 27.2 Å². The maximum absolute atomic E-state index is 13.2. The molecular weight excluding hydrogens is 454 g/mol. The first-order valence-electron chi connectivity index (χ1n) is 9.73. The standard InChI is InChI=1S/C21H24BrN3O3S/c1-25-9-6-14-2-3-16(12-15(14)7-10-25)23-20(27)21(8-11-28-13-21)24-19(26)17-4-5-18(22)29-17/h2-5,12H,6-11,13H2,1H3,(H,23,27)(H,24,26)/t21-/m0/s1. The van der Waals surface area contributed by atoms with Crippen molar-refractivity contribution < 1.29 is 14.3 Å². The van der Waals surface area contributed by atoms with Crippen LogP contribution in [0, 0.1) is 0 Å². The van der Waals surface area contributed by atoms with Gasteiger partial charge in [-0.05, 0) is 71.2 Å². The van der Waals surface area contributed by atoms with Gasteiger partial charge in [-0.3, -0.25) is 9.59 Å². The molecule has 1 fully saturated rings. The second-order valence-electron chi connectivity index (χ2n) is 7.68. The number of halogens is 1. The van der Waals surface area contributed by atoms with E-state index < -0.39 is 5.54 Å². The van der Waals surface area contributed by atoms with Gasteiger partial charge in [0.05, 0.1) is 15.3 Å². The Morgan fingerprint density at radius 1 is 1.17 bits per heavy atom. The van der Waals surface area contributed by atoms with Crippen molar-refractivity contribution in [2.45, 2.75) is 24.8 Å². The number of anilines is 1. The van der Waals surface area contributed by atoms with Crippen molar-refractivity contribution in [2.75, 3.05) is 38.7 Å². The van der Waals surface area contributed by atoms with Gasteiger partial charge in [0.25, 0.3) is 11.8 Å². The number of ether oxygens (including phenoxy) is 1. The SMILES string of the molecule is CN1CCc2ccc(NC(=O)[C@]3(NC(=O)c4ccc(Br)s4)CCOC3)cc2CC1. The molecule has 6 nitrogen and oxygen atoms in total. The van der Waals surface area contributed by atoms with Crippen molar-refractivity contribution in [1.29, 1.82) is 0 Å². The number of nitrogens with zero attached hydrogens (tertiary/aromatic N) is 1. The number of nitrogens with one attached hydrogen (secondary N) is 2. The van der Waals surface area contributed by atoms with E-state index in [1.54, 1.807) is 6.07 Å². The van der Waals surface area contributed by atoms with E-state index in [1.807, 2.05) is 12.1 Å². The summed E-state index contributed by atoms with van der Waals surface area (Å²) in [7, 11) is 2.13. The van der Waals surface area contributed by atoms with Crippen LogP contribution in [0.2, 0.25) is 0 Å². The number of carbonyl (C=O) groups excluding carboxylic acids is 2. The van der Waals surface area contributed by atoms with Crippen LogP contribution in [-0.2, 0) is 22.4 Å². The molecule has 29 heavy (non-hydrogen) atoms. The fraction of sp³-hybridized carbons (Fsp3) is 0.429. The predicted molar refractivity (Wildman–Crippen MR) is 118 cm³/mol. The summed E-state index contributed by atoms with van der Waals surface area (Å²) in [6, 6.07) is 9.68. The zero-order valence-corrected chi connectivity index (χ0v) is 18.7. The van der Waals surface area contributed by atoms with Gasteiger partial charge in [-0.1, -0.05) is 6.07 Å². The summed E-state index contributed by atoms with van der Waals surface area (Å²) in [4.78, 5) is 28.7. The highest BCUT2D eigenvalue weighted by molar-refractivity contribution is 9.11. The summed E-state index contributed by atoms with van der Waals surface area (Å²) >= 11 is 4.71. The normalized spacial score (nSPS) is 22.0. The van der Waals surface area contributed by atoms with Crippen molar-refractivity contribution in [1.82, 2.24) is 10.2 Å². The third-order valence-corrected chi connectivity index (χ3v) is 7.22. The molecule has 2 aliphatic rings. The summed E-state index contributed by atoms with van der Waals surface area (Å²) in [5, 5.41) is 5.94. The van der Waals surface area contributed by atoms with Crippen LogP contribution in [0.3, 0.4) is 0 Å². The van der Waals surface area contributed by atoms with Crippen LogP contribution in [-0.4, -0.2) is 55.6 Å². The van der Waals surface area contributed by atoms with Gasteiger partial charge >= 0.3 is 0 Å². The highest BCUT2D eigenvalue weighted by Gasteiger charge is 2.44. The number of carbonyl (C=O) groups is 2. The Balaban J connectivity index is 1.50. The molecule has 1 saturated heterocycles. The number of amides is 2. The van der Waals surface area contributed by atoms with Gasteiger partial charge < -0.3 is 20.3 Å². The molecule has 1 aromatic carbocycles. The van der Waals surface area contributed by atoms with Gasteiger partial charge in [-0.2, -0.15) is 0 Å². The smallest absolute Gasteiger partial charge is 0.262 e. The van der Waals surface area contributed by atoms with Gasteiger partial charge in [0.15, 0.2) is 0 Å². The monoisotopic (exact) mass is 477 g/mol. The van der Waals surface area contributed by atoms with Gasteiger partial charge in [0.2, 0.25) is 0 Å². The number of rotatable bonds is 4. The fourth-order valence-corrected chi connectivity index (χ4v) is 5.06. The highest BCUT2D eigenvalue weighted by atomic mass is 79.9. The van der Waals surface area contributed by atoms with Gasteiger partial charge in [0, 0.05) is 31.8 Å². The molecule has 0 aliphatic carbocycles. The lowest BCUT2D eigenvalue weighted by Crippen LogP contribution is -2.57. The molecule has 2 aliphatic heterocycles. The molecular formula is C21H24BrN3O3S. The molecule has 2 N–H and O–H groups in total. The van der Waals surface area contributed by atoms with Crippen molar-refractivity contribution in [2.24, 2.45) is 0 Å². The molecule has 2 amide bonds. The second kappa shape index (κ2) is 8.55. The van der Waals surface area contributed by atoms with Gasteiger partial charge in [-0.15, -0.1) is 11.3 Å². The zero-order valence-electron chi connectivity index (χ0n) is 16.3. The number of likely N-dealkylation sites (N-methyl/N-ethyl adjacent to an activating group) is 1. The van der Waals surface area contributed by atoms with Gasteiger partial charge in [-0.25, -0.2) is 0 Å². The van der Waals surface area contributed by atoms with E-state index in [2.05, 4.69) is 50.6 Å². The van der Waals surface area contributed by atoms with E-state index in [-0.39, 0.29) is 18.4 Å². The largest absolute Gasteiger partial charge is 0.378 e. The third kappa shape index (κ3) is 4.55. The molecule has 0 saturated carbocycles. The number of fused-ring (bicyclic) bond motifs is 1. The average Bonchev–Trinajstić information content (AvgIpc) is 3.31. The lowest BCUT2D eigenvalue weighted by molar-refractivity contribution is -0.122. The minimum Gasteiger partial charge on any atom is -0.378 e. The first-order chi connectivity index (χ1) is 13.9. The Hall–Kier alpha value is -1.74. The molecule has 0 unspecified atom stereocenters. The lowest BCUT2D eigenvalue weighted by Gasteiger charge is -2.27. The molecule has 0 radical (unpaired) electrons. The summed E-state index contributed by atoms with van der Waals surface area (Å²) in [6.45, 7) is 2.67. The van der Waals surface area contributed by atoms with Crippen molar-refractivity contribution in [3.05, 3.63) is 50.1 Å². The Bertz CT molecular complexity index is 924. The first-order valence-corrected chi connectivity index (χ1v) is 11.3. The molecule has 1 aromatic heterocycles. The van der Waals surface area contributed by atoms with Crippen LogP contribution in [0.15, 0.2) is 34.1 Å². The number of hydrogen-bond donors (Lipinski definition) is 2. The number of thiophene rings is 1. The zero-order chi connectivity index (χ0) is 20.4. The quantitative estimate of drug-likeness (QED) is 0.709. The lowest BCUT2D eigenvalue weighted by atomic mass is 9.96. The Labute approximate surface area is 182 Å². The van der Waals surface area contributed by atoms with Crippen LogP contribution >= 0.6 is 27.3 Å². The number of benzene rings is 1. The van der Waals surface area contributed by atoms with Crippen LogP contribution < -0.4 is 10.6 Å². The molecule has 0 spiro atoms. The molecule has 4 rings (SSSR count). The van der Waals surface area contributed by atoms with E-state index in [1.165, 1.54) is 22.5 Å². The molecule has 1 atom stereocenters. The summed E-state index contributed by atoms with van der Waals surface area (Å²) in [5.74, 6) is -0.490. The third-order valence-electron chi connectivity index (χ3n) is 5.60.